The molecule has 2 rings (SSSR count). The molecule has 0 aliphatic rings. The van der Waals surface area contributed by atoms with Crippen LogP contribution in [0.2, 0.25) is 0 Å². The standard InChI is InChI=1S/C30H40N4O7/c1-20(2)15-25(33-29(38)40-19-22-11-7-5-8-12-22)27(36)31-17-23(35)18-32-28(37)26(16-21(3)4)34-30(39)41-24-13-9-6-10-14-24/h5-14,20-21,25-26H,15-19H2,1-4H3,(H,31,36)(H,32,37)(H,33,38)(H,34,39)/t25-,26-/m0/s1. The maximum atomic E-state index is 12.7. The minimum Gasteiger partial charge on any atom is -0.445 e. The topological polar surface area (TPSA) is 152 Å². The fraction of sp³-hybridized carbons (Fsp3) is 0.433. The summed E-state index contributed by atoms with van der Waals surface area (Å²) in [7, 11) is 0. The number of benzene rings is 2. The lowest BCUT2D eigenvalue weighted by Gasteiger charge is -2.20. The Morgan fingerprint density at radius 3 is 1.61 bits per heavy atom. The molecule has 222 valence electrons. The number of hydrogen-bond donors (Lipinski definition) is 4. The Bertz CT molecular complexity index is 1140. The summed E-state index contributed by atoms with van der Waals surface area (Å²) in [4.78, 5) is 62.5. The molecule has 4 N–H and O–H groups in total. The molecule has 2 aromatic carbocycles. The molecule has 0 radical (unpaired) electrons. The first kappa shape index (κ1) is 32.8. The van der Waals surface area contributed by atoms with Crippen LogP contribution in [0.4, 0.5) is 9.59 Å². The summed E-state index contributed by atoms with van der Waals surface area (Å²) in [5.41, 5.74) is 0.805. The van der Waals surface area contributed by atoms with Crippen LogP contribution in [0.3, 0.4) is 0 Å². The van der Waals surface area contributed by atoms with Crippen LogP contribution >= 0.6 is 0 Å². The van der Waals surface area contributed by atoms with Gasteiger partial charge in [-0.3, -0.25) is 14.4 Å². The average Bonchev–Trinajstić information content (AvgIpc) is 2.93. The van der Waals surface area contributed by atoms with Crippen LogP contribution in [0.1, 0.15) is 46.1 Å². The van der Waals surface area contributed by atoms with Gasteiger partial charge in [0.25, 0.3) is 0 Å². The van der Waals surface area contributed by atoms with E-state index in [1.165, 1.54) is 0 Å². The monoisotopic (exact) mass is 568 g/mol. The maximum absolute atomic E-state index is 12.7. The van der Waals surface area contributed by atoms with E-state index < -0.39 is 41.9 Å². The van der Waals surface area contributed by atoms with Crippen molar-refractivity contribution >= 4 is 29.8 Å². The van der Waals surface area contributed by atoms with Gasteiger partial charge in [-0.15, -0.1) is 0 Å². The molecule has 0 unspecified atom stereocenters. The number of nitrogens with one attached hydrogen (secondary N) is 4. The molecular formula is C30H40N4O7. The third kappa shape index (κ3) is 13.5. The zero-order valence-electron chi connectivity index (χ0n) is 24.0. The summed E-state index contributed by atoms with van der Waals surface area (Å²) in [5, 5.41) is 10.1. The van der Waals surface area contributed by atoms with Crippen LogP contribution < -0.4 is 26.0 Å². The van der Waals surface area contributed by atoms with Gasteiger partial charge in [0.05, 0.1) is 13.1 Å². The minimum atomic E-state index is -0.921. The van der Waals surface area contributed by atoms with E-state index in [0.717, 1.165) is 5.56 Å². The maximum Gasteiger partial charge on any atom is 0.413 e. The van der Waals surface area contributed by atoms with Gasteiger partial charge in [0.15, 0.2) is 5.78 Å². The van der Waals surface area contributed by atoms with Crippen molar-refractivity contribution in [2.24, 2.45) is 11.8 Å². The zero-order valence-corrected chi connectivity index (χ0v) is 24.0. The first-order valence-corrected chi connectivity index (χ1v) is 13.6. The van der Waals surface area contributed by atoms with E-state index in [1.54, 1.807) is 30.3 Å². The van der Waals surface area contributed by atoms with E-state index in [-0.39, 0.29) is 31.5 Å². The molecule has 0 saturated heterocycles. The molecule has 11 heteroatoms. The normalized spacial score (nSPS) is 12.1. The predicted molar refractivity (Wildman–Crippen MR) is 153 cm³/mol. The number of carbonyl (C=O) groups is 5. The molecule has 0 aliphatic carbocycles. The number of alkyl carbamates (subject to hydrolysis) is 1. The second-order valence-corrected chi connectivity index (χ2v) is 10.4. The first-order valence-electron chi connectivity index (χ1n) is 13.6. The highest BCUT2D eigenvalue weighted by atomic mass is 16.6. The summed E-state index contributed by atoms with van der Waals surface area (Å²) in [6, 6.07) is 15.7. The van der Waals surface area contributed by atoms with E-state index in [9.17, 15) is 24.0 Å². The fourth-order valence-electron chi connectivity index (χ4n) is 3.76. The SMILES string of the molecule is CC(C)C[C@H](NC(=O)OCc1ccccc1)C(=O)NCC(=O)CNC(=O)[C@H](CC(C)C)NC(=O)Oc1ccccc1. The van der Waals surface area contributed by atoms with Crippen LogP contribution in [0.15, 0.2) is 60.7 Å². The van der Waals surface area contributed by atoms with Gasteiger partial charge in [-0.2, -0.15) is 0 Å². The quantitative estimate of drug-likeness (QED) is 0.257. The molecule has 0 aliphatic heterocycles. The van der Waals surface area contributed by atoms with Crippen LogP contribution in [-0.4, -0.2) is 55.0 Å². The van der Waals surface area contributed by atoms with Gasteiger partial charge in [0.1, 0.15) is 24.4 Å². The van der Waals surface area contributed by atoms with Crippen molar-refractivity contribution in [2.75, 3.05) is 13.1 Å². The Hall–Kier alpha value is -4.41. The molecule has 0 saturated carbocycles. The Morgan fingerprint density at radius 2 is 1.12 bits per heavy atom. The van der Waals surface area contributed by atoms with Crippen LogP contribution in [0.5, 0.6) is 5.75 Å². The largest absolute Gasteiger partial charge is 0.445 e. The van der Waals surface area contributed by atoms with E-state index in [0.29, 0.717) is 18.6 Å². The van der Waals surface area contributed by atoms with Crippen molar-refractivity contribution in [2.45, 2.75) is 59.2 Å². The number of Topliss-reactive ketones (excluding diaryl/α,β-unsaturated/α-hetero) is 1. The summed E-state index contributed by atoms with van der Waals surface area (Å²) in [5.74, 6) is -1.08. The van der Waals surface area contributed by atoms with Gasteiger partial charge in [0, 0.05) is 0 Å². The summed E-state index contributed by atoms with van der Waals surface area (Å²) < 4.78 is 10.4. The zero-order chi connectivity index (χ0) is 30.2. The van der Waals surface area contributed by atoms with Crippen LogP contribution in [-0.2, 0) is 25.7 Å². The third-order valence-electron chi connectivity index (χ3n) is 5.72. The van der Waals surface area contributed by atoms with Crippen molar-refractivity contribution < 1.29 is 33.4 Å². The second kappa shape index (κ2) is 17.3. The van der Waals surface area contributed by atoms with Crippen LogP contribution in [0, 0.1) is 11.8 Å². The molecule has 0 bridgehead atoms. The number of carbonyl (C=O) groups excluding carboxylic acids is 5. The van der Waals surface area contributed by atoms with Crippen molar-refractivity contribution in [3.05, 3.63) is 66.2 Å². The van der Waals surface area contributed by atoms with Gasteiger partial charge in [0.2, 0.25) is 11.8 Å². The molecule has 2 atom stereocenters. The molecule has 0 spiro atoms. The Kier molecular flexibility index (Phi) is 13.9. The molecule has 2 aromatic rings. The lowest BCUT2D eigenvalue weighted by Crippen LogP contribution is -2.51. The van der Waals surface area contributed by atoms with Gasteiger partial charge >= 0.3 is 12.2 Å². The number of ketones is 1. The highest BCUT2D eigenvalue weighted by molar-refractivity contribution is 5.93. The summed E-state index contributed by atoms with van der Waals surface area (Å²) in [6.45, 7) is 6.92. The number of amides is 4. The second-order valence-electron chi connectivity index (χ2n) is 10.4. The highest BCUT2D eigenvalue weighted by Gasteiger charge is 2.25. The third-order valence-corrected chi connectivity index (χ3v) is 5.72. The molecule has 4 amide bonds. The molecular weight excluding hydrogens is 528 g/mol. The van der Waals surface area contributed by atoms with Crippen molar-refractivity contribution in [1.29, 1.82) is 0 Å². The van der Waals surface area contributed by atoms with Crippen molar-refractivity contribution in [3.8, 4) is 5.75 Å². The van der Waals surface area contributed by atoms with E-state index in [2.05, 4.69) is 21.3 Å². The number of rotatable bonds is 15. The van der Waals surface area contributed by atoms with Gasteiger partial charge in [-0.1, -0.05) is 76.2 Å². The molecule has 0 heterocycles. The van der Waals surface area contributed by atoms with Gasteiger partial charge in [-0.25, -0.2) is 9.59 Å². The fourth-order valence-corrected chi connectivity index (χ4v) is 3.76. The van der Waals surface area contributed by atoms with E-state index in [1.807, 2.05) is 58.0 Å². The van der Waals surface area contributed by atoms with Gasteiger partial charge in [-0.05, 0) is 42.4 Å². The smallest absolute Gasteiger partial charge is 0.413 e. The molecule has 41 heavy (non-hydrogen) atoms. The lowest BCUT2D eigenvalue weighted by molar-refractivity contribution is -0.128. The number of ether oxygens (including phenoxy) is 2. The van der Waals surface area contributed by atoms with Crippen LogP contribution in [0.25, 0.3) is 0 Å². The Morgan fingerprint density at radius 1 is 0.659 bits per heavy atom. The van der Waals surface area contributed by atoms with E-state index >= 15 is 0 Å². The minimum absolute atomic E-state index is 0.0531. The number of para-hydroxylation sites is 1. The summed E-state index contributed by atoms with van der Waals surface area (Å²) in [6.07, 6.45) is -0.883. The molecule has 11 nitrogen and oxygen atoms in total. The Balaban J connectivity index is 1.83. The predicted octanol–water partition coefficient (Wildman–Crippen LogP) is 3.33. The van der Waals surface area contributed by atoms with E-state index in [4.69, 9.17) is 9.47 Å². The average molecular weight is 569 g/mol. The lowest BCUT2D eigenvalue weighted by atomic mass is 10.0. The van der Waals surface area contributed by atoms with Crippen molar-refractivity contribution in [1.82, 2.24) is 21.3 Å². The highest BCUT2D eigenvalue weighted by Crippen LogP contribution is 2.10. The molecule has 0 fully saturated rings. The van der Waals surface area contributed by atoms with Crippen molar-refractivity contribution in [3.63, 3.8) is 0 Å². The Labute approximate surface area is 240 Å². The number of hydrogen-bond acceptors (Lipinski definition) is 7. The summed E-state index contributed by atoms with van der Waals surface area (Å²) >= 11 is 0. The first-order chi connectivity index (χ1) is 19.5. The van der Waals surface area contributed by atoms with Gasteiger partial charge < -0.3 is 30.7 Å². The molecule has 0 aromatic heterocycles.